The maximum Gasteiger partial charge on any atom is 0.471 e. The first kappa shape index (κ1) is 20.6. The second-order valence-corrected chi connectivity index (χ2v) is 6.04. The largest absolute Gasteiger partial charge is 0.492 e. The molecule has 1 aromatic carbocycles. The lowest BCUT2D eigenvalue weighted by molar-refractivity contribution is -0.167. The highest BCUT2D eigenvalue weighted by atomic mass is 32.1. The van der Waals surface area contributed by atoms with Crippen LogP contribution in [-0.4, -0.2) is 31.2 Å². The second-order valence-electron chi connectivity index (χ2n) is 5.09. The molecule has 2 aromatic rings. The zero-order valence-corrected chi connectivity index (χ0v) is 15.3. The predicted octanol–water partition coefficient (Wildman–Crippen LogP) is 4.30. The van der Waals surface area contributed by atoms with Crippen LogP contribution >= 0.6 is 11.3 Å². The van der Waals surface area contributed by atoms with Crippen molar-refractivity contribution in [3.63, 3.8) is 0 Å². The minimum absolute atomic E-state index is 0.0277. The summed E-state index contributed by atoms with van der Waals surface area (Å²) in [5.74, 6) is -2.47. The molecule has 0 aliphatic rings. The van der Waals surface area contributed by atoms with Crippen molar-refractivity contribution >= 4 is 34.5 Å². The van der Waals surface area contributed by atoms with E-state index in [1.807, 2.05) is 0 Å². The topological polar surface area (TPSA) is 76.7 Å². The Hall–Kier alpha value is -2.75. The quantitative estimate of drug-likeness (QED) is 0.724. The second kappa shape index (κ2) is 8.76. The standard InChI is InChI=1S/C17H17F3N2O4S/c1-3-25-12-9-11(22-16(24)17(18,19)20)13(26-4-2)8-10(12)21-15(23)14-6-5-7-27-14/h5-9H,3-4H2,1-2H3,(H,21,23)(H,22,24). The number of rotatable bonds is 7. The zero-order valence-electron chi connectivity index (χ0n) is 14.5. The van der Waals surface area contributed by atoms with Gasteiger partial charge in [-0.25, -0.2) is 0 Å². The third-order valence-electron chi connectivity index (χ3n) is 3.18. The van der Waals surface area contributed by atoms with Crippen LogP contribution < -0.4 is 20.1 Å². The summed E-state index contributed by atoms with van der Waals surface area (Å²) in [5, 5.41) is 6.14. The summed E-state index contributed by atoms with van der Waals surface area (Å²) in [5.41, 5.74) is 0.000422. The van der Waals surface area contributed by atoms with Crippen LogP contribution in [0, 0.1) is 0 Å². The fourth-order valence-corrected chi connectivity index (χ4v) is 2.71. The smallest absolute Gasteiger partial charge is 0.471 e. The van der Waals surface area contributed by atoms with Crippen LogP contribution in [0.5, 0.6) is 11.5 Å². The molecule has 2 N–H and O–H groups in total. The summed E-state index contributed by atoms with van der Waals surface area (Å²) >= 11 is 1.23. The Balaban J connectivity index is 2.39. The van der Waals surface area contributed by atoms with Gasteiger partial charge < -0.3 is 20.1 Å². The number of ether oxygens (including phenoxy) is 2. The molecule has 6 nitrogen and oxygen atoms in total. The summed E-state index contributed by atoms with van der Waals surface area (Å²) in [6, 6.07) is 5.83. The van der Waals surface area contributed by atoms with E-state index in [0.717, 1.165) is 0 Å². The van der Waals surface area contributed by atoms with Crippen molar-refractivity contribution in [2.45, 2.75) is 20.0 Å². The lowest BCUT2D eigenvalue weighted by Gasteiger charge is -2.18. The number of carbonyl (C=O) groups excluding carboxylic acids is 2. The number of halogens is 3. The van der Waals surface area contributed by atoms with E-state index < -0.39 is 18.0 Å². The fraction of sp³-hybridized carbons (Fsp3) is 0.294. The summed E-state index contributed by atoms with van der Waals surface area (Å²) in [4.78, 5) is 24.0. The number of benzene rings is 1. The zero-order chi connectivity index (χ0) is 20.0. The van der Waals surface area contributed by atoms with Gasteiger partial charge in [0.1, 0.15) is 11.5 Å². The molecule has 0 aliphatic heterocycles. The van der Waals surface area contributed by atoms with Crippen LogP contribution in [0.25, 0.3) is 0 Å². The van der Waals surface area contributed by atoms with Crippen LogP contribution in [-0.2, 0) is 4.79 Å². The Morgan fingerprint density at radius 3 is 2.04 bits per heavy atom. The van der Waals surface area contributed by atoms with Crippen LogP contribution in [0.15, 0.2) is 29.6 Å². The number of hydrogen-bond acceptors (Lipinski definition) is 5. The maximum atomic E-state index is 12.6. The SMILES string of the molecule is CCOc1cc(NC(=O)C(F)(F)F)c(OCC)cc1NC(=O)c1cccs1. The summed E-state index contributed by atoms with van der Waals surface area (Å²) in [7, 11) is 0. The van der Waals surface area contributed by atoms with E-state index in [4.69, 9.17) is 9.47 Å². The van der Waals surface area contributed by atoms with Crippen molar-refractivity contribution in [3.05, 3.63) is 34.5 Å². The van der Waals surface area contributed by atoms with Crippen molar-refractivity contribution < 1.29 is 32.2 Å². The average molecular weight is 402 g/mol. The molecule has 0 bridgehead atoms. The lowest BCUT2D eigenvalue weighted by atomic mass is 10.2. The fourth-order valence-electron chi connectivity index (χ4n) is 2.09. The molecule has 27 heavy (non-hydrogen) atoms. The monoisotopic (exact) mass is 402 g/mol. The first-order valence-electron chi connectivity index (χ1n) is 7.92. The van der Waals surface area contributed by atoms with Crippen LogP contribution in [0.4, 0.5) is 24.5 Å². The van der Waals surface area contributed by atoms with Gasteiger partial charge in [-0.2, -0.15) is 13.2 Å². The Bertz CT molecular complexity index is 807. The Morgan fingerprint density at radius 1 is 1.04 bits per heavy atom. The van der Waals surface area contributed by atoms with Gasteiger partial charge in [0.2, 0.25) is 0 Å². The predicted molar refractivity (Wildman–Crippen MR) is 95.7 cm³/mol. The van der Waals surface area contributed by atoms with Gasteiger partial charge in [-0.15, -0.1) is 11.3 Å². The van der Waals surface area contributed by atoms with Gasteiger partial charge in [0.25, 0.3) is 5.91 Å². The van der Waals surface area contributed by atoms with Gasteiger partial charge >= 0.3 is 12.1 Å². The number of hydrogen-bond donors (Lipinski definition) is 2. The average Bonchev–Trinajstić information content (AvgIpc) is 3.12. The van der Waals surface area contributed by atoms with Crippen LogP contribution in [0.1, 0.15) is 23.5 Å². The molecule has 2 rings (SSSR count). The van der Waals surface area contributed by atoms with Gasteiger partial charge in [0.15, 0.2) is 0 Å². The van der Waals surface area contributed by atoms with E-state index in [1.54, 1.807) is 36.7 Å². The Morgan fingerprint density at radius 2 is 1.59 bits per heavy atom. The summed E-state index contributed by atoms with van der Waals surface area (Å²) < 4.78 is 48.4. The molecular formula is C17H17F3N2O4S. The number of nitrogens with one attached hydrogen (secondary N) is 2. The minimum atomic E-state index is -5.05. The number of alkyl halides is 3. The van der Waals surface area contributed by atoms with E-state index in [1.165, 1.54) is 23.5 Å². The molecule has 0 saturated heterocycles. The first-order chi connectivity index (χ1) is 12.8. The first-order valence-corrected chi connectivity index (χ1v) is 8.80. The van der Waals surface area contributed by atoms with Crippen molar-refractivity contribution in [1.29, 1.82) is 0 Å². The normalized spacial score (nSPS) is 11.0. The molecule has 1 heterocycles. The number of anilines is 2. The summed E-state index contributed by atoms with van der Waals surface area (Å²) in [6.07, 6.45) is -5.05. The van der Waals surface area contributed by atoms with E-state index >= 15 is 0 Å². The van der Waals surface area contributed by atoms with Gasteiger partial charge in [-0.3, -0.25) is 9.59 Å². The van der Waals surface area contributed by atoms with Crippen molar-refractivity contribution in [3.8, 4) is 11.5 Å². The molecular weight excluding hydrogens is 385 g/mol. The highest BCUT2D eigenvalue weighted by Crippen LogP contribution is 2.38. The van der Waals surface area contributed by atoms with Gasteiger partial charge in [0.05, 0.1) is 29.5 Å². The molecule has 0 atom stereocenters. The van der Waals surface area contributed by atoms with Gasteiger partial charge in [0, 0.05) is 12.1 Å². The van der Waals surface area contributed by atoms with E-state index in [0.29, 0.717) is 4.88 Å². The van der Waals surface area contributed by atoms with Crippen molar-refractivity contribution in [2.75, 3.05) is 23.8 Å². The summed E-state index contributed by atoms with van der Waals surface area (Å²) in [6.45, 7) is 3.65. The molecule has 0 saturated carbocycles. The lowest BCUT2D eigenvalue weighted by Crippen LogP contribution is -2.30. The molecule has 0 aliphatic carbocycles. The number of amides is 2. The molecule has 1 aromatic heterocycles. The maximum absolute atomic E-state index is 12.6. The highest BCUT2D eigenvalue weighted by molar-refractivity contribution is 7.12. The van der Waals surface area contributed by atoms with E-state index in [-0.39, 0.29) is 36.1 Å². The van der Waals surface area contributed by atoms with E-state index in [9.17, 15) is 22.8 Å². The van der Waals surface area contributed by atoms with Gasteiger partial charge in [-0.05, 0) is 25.3 Å². The molecule has 0 radical (unpaired) electrons. The number of carbonyl (C=O) groups is 2. The third-order valence-corrected chi connectivity index (χ3v) is 4.05. The molecule has 0 fully saturated rings. The molecule has 146 valence electrons. The Labute approximate surface area is 157 Å². The molecule has 0 spiro atoms. The van der Waals surface area contributed by atoms with Crippen molar-refractivity contribution in [1.82, 2.24) is 0 Å². The van der Waals surface area contributed by atoms with Gasteiger partial charge in [-0.1, -0.05) is 6.07 Å². The third kappa shape index (κ3) is 5.36. The molecule has 0 unspecified atom stereocenters. The minimum Gasteiger partial charge on any atom is -0.492 e. The molecule has 2 amide bonds. The number of thiophene rings is 1. The van der Waals surface area contributed by atoms with E-state index in [2.05, 4.69) is 5.32 Å². The van der Waals surface area contributed by atoms with Crippen LogP contribution in [0.3, 0.4) is 0 Å². The Kier molecular flexibility index (Phi) is 6.67. The molecule has 10 heteroatoms. The highest BCUT2D eigenvalue weighted by Gasteiger charge is 2.39. The van der Waals surface area contributed by atoms with Crippen LogP contribution in [0.2, 0.25) is 0 Å². The van der Waals surface area contributed by atoms with Crippen molar-refractivity contribution in [2.24, 2.45) is 0 Å².